The summed E-state index contributed by atoms with van der Waals surface area (Å²) in [5, 5.41) is 3.15. The van der Waals surface area contributed by atoms with E-state index in [4.69, 9.17) is 5.73 Å². The molecule has 0 saturated heterocycles. The zero-order valence-electron chi connectivity index (χ0n) is 12.8. The van der Waals surface area contributed by atoms with Crippen LogP contribution < -0.4 is 16.0 Å². The summed E-state index contributed by atoms with van der Waals surface area (Å²) in [6.07, 6.45) is 3.75. The van der Waals surface area contributed by atoms with E-state index >= 15 is 0 Å². The van der Waals surface area contributed by atoms with Crippen molar-refractivity contribution in [2.24, 2.45) is 0 Å². The Kier molecular flexibility index (Phi) is 4.92. The molecule has 0 unspecified atom stereocenters. The van der Waals surface area contributed by atoms with Gasteiger partial charge in [0.25, 0.3) is 0 Å². The molecule has 0 radical (unpaired) electrons. The highest BCUT2D eigenvalue weighted by Crippen LogP contribution is 2.27. The highest BCUT2D eigenvalue weighted by molar-refractivity contribution is 5.77. The van der Waals surface area contributed by atoms with Crippen LogP contribution in [0.2, 0.25) is 0 Å². The fraction of sp³-hybridized carbons (Fsp3) is 0.400. The van der Waals surface area contributed by atoms with Crippen molar-refractivity contribution in [1.82, 2.24) is 15.0 Å². The molecule has 0 bridgehead atoms. The molecule has 2 aromatic heterocycles. The molecule has 6 nitrogen and oxygen atoms in total. The number of hydrogen-bond acceptors (Lipinski definition) is 6. The third kappa shape index (κ3) is 3.81. The van der Waals surface area contributed by atoms with Crippen LogP contribution in [-0.4, -0.2) is 28.5 Å². The second kappa shape index (κ2) is 6.88. The van der Waals surface area contributed by atoms with Gasteiger partial charge in [0.1, 0.15) is 17.8 Å². The summed E-state index contributed by atoms with van der Waals surface area (Å²) in [6.45, 7) is 5.02. The quantitative estimate of drug-likeness (QED) is 0.850. The van der Waals surface area contributed by atoms with E-state index in [-0.39, 0.29) is 0 Å². The topological polar surface area (TPSA) is 80.0 Å². The maximum absolute atomic E-state index is 6.18. The maximum Gasteiger partial charge on any atom is 0.160 e. The van der Waals surface area contributed by atoms with Crippen LogP contribution in [0.1, 0.15) is 25.5 Å². The first-order chi connectivity index (χ1) is 10.1. The van der Waals surface area contributed by atoms with Gasteiger partial charge in [0.15, 0.2) is 11.6 Å². The molecule has 6 heteroatoms. The van der Waals surface area contributed by atoms with Gasteiger partial charge in [-0.2, -0.15) is 0 Å². The lowest BCUT2D eigenvalue weighted by molar-refractivity contribution is 0.759. The van der Waals surface area contributed by atoms with Crippen LogP contribution in [0.15, 0.2) is 24.5 Å². The van der Waals surface area contributed by atoms with Crippen LogP contribution in [0.25, 0.3) is 0 Å². The number of rotatable bonds is 6. The van der Waals surface area contributed by atoms with E-state index in [1.807, 2.05) is 32.2 Å². The molecule has 0 spiro atoms. The van der Waals surface area contributed by atoms with Crippen LogP contribution in [0, 0.1) is 6.92 Å². The molecule has 0 atom stereocenters. The molecule has 0 fully saturated rings. The van der Waals surface area contributed by atoms with E-state index in [0.717, 1.165) is 36.7 Å². The largest absolute Gasteiger partial charge is 0.393 e. The number of nitrogens with one attached hydrogen (secondary N) is 1. The standard InChI is InChI=1S/C15H22N6/c1-4-5-9-21(3)15-13(16)14(17-10-18-15)20-12-8-6-7-11(2)19-12/h6-8,10H,4-5,9,16H2,1-3H3,(H,17,18,19,20). The third-order valence-electron chi connectivity index (χ3n) is 3.21. The molecule has 2 aromatic rings. The summed E-state index contributed by atoms with van der Waals surface area (Å²) in [4.78, 5) is 14.9. The lowest BCUT2D eigenvalue weighted by Crippen LogP contribution is -2.21. The van der Waals surface area contributed by atoms with Gasteiger partial charge in [-0.3, -0.25) is 0 Å². The van der Waals surface area contributed by atoms with Crippen molar-refractivity contribution >= 4 is 23.1 Å². The normalized spacial score (nSPS) is 10.4. The zero-order chi connectivity index (χ0) is 15.2. The van der Waals surface area contributed by atoms with E-state index in [2.05, 4.69) is 32.1 Å². The van der Waals surface area contributed by atoms with Gasteiger partial charge in [-0.25, -0.2) is 15.0 Å². The SMILES string of the molecule is CCCCN(C)c1ncnc(Nc2cccc(C)n2)c1N. The molecule has 3 N–H and O–H groups in total. The predicted molar refractivity (Wildman–Crippen MR) is 86.9 cm³/mol. The van der Waals surface area contributed by atoms with Crippen molar-refractivity contribution in [3.63, 3.8) is 0 Å². The first-order valence-electron chi connectivity index (χ1n) is 7.14. The Morgan fingerprint density at radius 2 is 2.10 bits per heavy atom. The third-order valence-corrected chi connectivity index (χ3v) is 3.21. The Bertz CT molecular complexity index is 598. The number of hydrogen-bond donors (Lipinski definition) is 2. The predicted octanol–water partition coefficient (Wildman–Crippen LogP) is 2.74. The second-order valence-corrected chi connectivity index (χ2v) is 5.02. The smallest absolute Gasteiger partial charge is 0.160 e. The Hall–Kier alpha value is -2.37. The molecule has 0 aliphatic rings. The average Bonchev–Trinajstić information content (AvgIpc) is 2.47. The van der Waals surface area contributed by atoms with Gasteiger partial charge >= 0.3 is 0 Å². The summed E-state index contributed by atoms with van der Waals surface area (Å²) in [5.74, 6) is 2.05. The molecular formula is C15H22N6. The van der Waals surface area contributed by atoms with Crippen LogP contribution in [0.5, 0.6) is 0 Å². The van der Waals surface area contributed by atoms with Crippen molar-refractivity contribution in [3.8, 4) is 0 Å². The average molecular weight is 286 g/mol. The molecule has 112 valence electrons. The number of nitrogens with zero attached hydrogens (tertiary/aromatic N) is 4. The summed E-state index contributed by atoms with van der Waals surface area (Å²) >= 11 is 0. The maximum atomic E-state index is 6.18. The minimum absolute atomic E-state index is 0.541. The van der Waals surface area contributed by atoms with E-state index in [1.165, 1.54) is 6.33 Å². The number of aryl methyl sites for hydroxylation is 1. The van der Waals surface area contributed by atoms with Gasteiger partial charge in [0, 0.05) is 19.3 Å². The van der Waals surface area contributed by atoms with Gasteiger partial charge in [-0.15, -0.1) is 0 Å². The van der Waals surface area contributed by atoms with E-state index in [0.29, 0.717) is 11.5 Å². The zero-order valence-corrected chi connectivity index (χ0v) is 12.8. The van der Waals surface area contributed by atoms with E-state index in [1.54, 1.807) is 0 Å². The minimum atomic E-state index is 0.541. The molecular weight excluding hydrogens is 264 g/mol. The number of unbranched alkanes of at least 4 members (excludes halogenated alkanes) is 1. The Morgan fingerprint density at radius 3 is 2.81 bits per heavy atom. The van der Waals surface area contributed by atoms with Crippen LogP contribution >= 0.6 is 0 Å². The summed E-state index contributed by atoms with van der Waals surface area (Å²) < 4.78 is 0. The van der Waals surface area contributed by atoms with Gasteiger partial charge in [-0.1, -0.05) is 19.4 Å². The number of nitrogen functional groups attached to an aromatic ring is 1. The Balaban J connectivity index is 2.21. The first kappa shape index (κ1) is 15.0. The van der Waals surface area contributed by atoms with Crippen LogP contribution in [0.4, 0.5) is 23.1 Å². The summed E-state index contributed by atoms with van der Waals surface area (Å²) in [6, 6.07) is 5.77. The second-order valence-electron chi connectivity index (χ2n) is 5.02. The molecule has 0 amide bonds. The lowest BCUT2D eigenvalue weighted by Gasteiger charge is -2.20. The van der Waals surface area contributed by atoms with Gasteiger partial charge < -0.3 is 16.0 Å². The summed E-state index contributed by atoms with van der Waals surface area (Å²) in [7, 11) is 1.99. The molecule has 2 rings (SSSR count). The molecule has 0 saturated carbocycles. The number of anilines is 4. The van der Waals surface area contributed by atoms with Gasteiger partial charge in [0.2, 0.25) is 0 Å². The van der Waals surface area contributed by atoms with Gasteiger partial charge in [-0.05, 0) is 25.5 Å². The van der Waals surface area contributed by atoms with Crippen LogP contribution in [0.3, 0.4) is 0 Å². The monoisotopic (exact) mass is 286 g/mol. The lowest BCUT2D eigenvalue weighted by atomic mass is 10.3. The Labute approximate surface area is 125 Å². The Morgan fingerprint density at radius 1 is 1.29 bits per heavy atom. The highest BCUT2D eigenvalue weighted by atomic mass is 15.2. The summed E-state index contributed by atoms with van der Waals surface area (Å²) in [5.41, 5.74) is 7.66. The van der Waals surface area contributed by atoms with E-state index < -0.39 is 0 Å². The molecule has 21 heavy (non-hydrogen) atoms. The van der Waals surface area contributed by atoms with Crippen molar-refractivity contribution in [3.05, 3.63) is 30.2 Å². The number of pyridine rings is 1. The molecule has 2 heterocycles. The fourth-order valence-corrected chi connectivity index (χ4v) is 2.03. The van der Waals surface area contributed by atoms with Crippen molar-refractivity contribution in [2.75, 3.05) is 29.5 Å². The van der Waals surface area contributed by atoms with E-state index in [9.17, 15) is 0 Å². The number of nitrogens with two attached hydrogens (primary N) is 1. The minimum Gasteiger partial charge on any atom is -0.393 e. The number of aromatic nitrogens is 3. The molecule has 0 aliphatic heterocycles. The van der Waals surface area contributed by atoms with Gasteiger partial charge in [0.05, 0.1) is 0 Å². The molecule has 0 aromatic carbocycles. The van der Waals surface area contributed by atoms with Crippen molar-refractivity contribution in [2.45, 2.75) is 26.7 Å². The van der Waals surface area contributed by atoms with Crippen LogP contribution in [-0.2, 0) is 0 Å². The van der Waals surface area contributed by atoms with Crippen molar-refractivity contribution < 1.29 is 0 Å². The van der Waals surface area contributed by atoms with Crippen molar-refractivity contribution in [1.29, 1.82) is 0 Å². The first-order valence-corrected chi connectivity index (χ1v) is 7.14. The molecule has 0 aliphatic carbocycles. The fourth-order valence-electron chi connectivity index (χ4n) is 2.03. The highest BCUT2D eigenvalue weighted by Gasteiger charge is 2.12.